The van der Waals surface area contributed by atoms with E-state index in [1.807, 2.05) is 0 Å². The van der Waals surface area contributed by atoms with Crippen LogP contribution in [0.5, 0.6) is 0 Å². The third-order valence-electron chi connectivity index (χ3n) is 4.86. The highest BCUT2D eigenvalue weighted by Crippen LogP contribution is 2.43. The van der Waals surface area contributed by atoms with Crippen LogP contribution in [0.2, 0.25) is 0 Å². The molecule has 0 bridgehead atoms. The quantitative estimate of drug-likeness (QED) is 0.118. The Balaban J connectivity index is 1.55. The molecular formula is C21H27N5O8S. The Kier molecular flexibility index (Phi) is 8.62. The third-order valence-corrected chi connectivity index (χ3v) is 6.22. The zero-order valence-electron chi connectivity index (χ0n) is 19.6. The summed E-state index contributed by atoms with van der Waals surface area (Å²) in [6, 6.07) is 0. The second-order valence-corrected chi connectivity index (χ2v) is 9.78. The van der Waals surface area contributed by atoms with Gasteiger partial charge in [-0.15, -0.1) is 16.9 Å². The topological polar surface area (TPSA) is 163 Å². The van der Waals surface area contributed by atoms with Gasteiger partial charge in [0.15, 0.2) is 0 Å². The zero-order valence-corrected chi connectivity index (χ0v) is 20.4. The summed E-state index contributed by atoms with van der Waals surface area (Å²) in [4.78, 5) is 52.6. The highest BCUT2D eigenvalue weighted by molar-refractivity contribution is 8.00. The first-order valence-corrected chi connectivity index (χ1v) is 11.9. The lowest BCUT2D eigenvalue weighted by Gasteiger charge is -2.48. The fourth-order valence-electron chi connectivity index (χ4n) is 3.35. The summed E-state index contributed by atoms with van der Waals surface area (Å²) in [7, 11) is 0. The molecule has 2 atom stereocenters. The van der Waals surface area contributed by atoms with Gasteiger partial charge in [0.05, 0.1) is 24.8 Å². The first-order chi connectivity index (χ1) is 16.6. The second-order valence-electron chi connectivity index (χ2n) is 8.67. The summed E-state index contributed by atoms with van der Waals surface area (Å²) in [5, 5.41) is 17.0. The fourth-order valence-corrected chi connectivity index (χ4v) is 4.70. The molecule has 0 radical (unpaired) electrons. The molecule has 3 heterocycles. The van der Waals surface area contributed by atoms with Crippen molar-refractivity contribution in [1.29, 1.82) is 0 Å². The van der Waals surface area contributed by atoms with E-state index < -0.39 is 41.5 Å². The molecule has 2 amide bonds. The first-order valence-electron chi connectivity index (χ1n) is 10.8. The number of aliphatic hydroxyl groups is 1. The van der Waals surface area contributed by atoms with Crippen LogP contribution in [-0.4, -0.2) is 85.6 Å². The number of carbonyl (C=O) groups is 4. The smallest absolute Gasteiger partial charge is 0.433 e. The number of aliphatic imine (C=N–C) groups is 1. The van der Waals surface area contributed by atoms with Crippen LogP contribution in [0, 0.1) is 5.92 Å². The Morgan fingerprint density at radius 3 is 2.83 bits per heavy atom. The largest absolute Gasteiger partial charge is 0.461 e. The minimum Gasteiger partial charge on any atom is -0.461 e. The average Bonchev–Trinajstić information content (AvgIpc) is 3.25. The number of hydrogen-bond acceptors (Lipinski definition) is 11. The maximum atomic E-state index is 12.8. The van der Waals surface area contributed by atoms with Crippen molar-refractivity contribution < 1.29 is 38.5 Å². The van der Waals surface area contributed by atoms with E-state index in [0.717, 1.165) is 0 Å². The Morgan fingerprint density at radius 2 is 2.14 bits per heavy atom. The number of aromatic nitrogens is 3. The van der Waals surface area contributed by atoms with Crippen LogP contribution in [0.3, 0.4) is 0 Å². The molecule has 2 aliphatic rings. The van der Waals surface area contributed by atoms with Crippen molar-refractivity contribution >= 4 is 42.4 Å². The van der Waals surface area contributed by atoms with Crippen molar-refractivity contribution in [2.75, 3.05) is 19.0 Å². The molecule has 1 saturated heterocycles. The van der Waals surface area contributed by atoms with Crippen LogP contribution in [-0.2, 0) is 41.7 Å². The number of esters is 1. The van der Waals surface area contributed by atoms with E-state index in [4.69, 9.17) is 9.47 Å². The van der Waals surface area contributed by atoms with E-state index in [-0.39, 0.29) is 18.9 Å². The van der Waals surface area contributed by atoms with Gasteiger partial charge in [0.2, 0.25) is 5.91 Å². The van der Waals surface area contributed by atoms with Crippen molar-refractivity contribution in [3.8, 4) is 0 Å². The number of thioether (sulfide) groups is 1. The lowest BCUT2D eigenvalue weighted by molar-refractivity contribution is -0.151. The molecule has 1 fully saturated rings. The summed E-state index contributed by atoms with van der Waals surface area (Å²) in [5.74, 6) is -1.49. The molecule has 1 aromatic rings. The lowest BCUT2D eigenvalue weighted by atomic mass is 9.96. The van der Waals surface area contributed by atoms with Crippen molar-refractivity contribution in [3.63, 3.8) is 0 Å². The Bertz CT molecular complexity index is 1030. The van der Waals surface area contributed by atoms with Crippen molar-refractivity contribution in [2.45, 2.75) is 51.3 Å². The Hall–Kier alpha value is -3.26. The van der Waals surface area contributed by atoms with Crippen LogP contribution in [0.25, 0.3) is 0 Å². The van der Waals surface area contributed by atoms with Gasteiger partial charge in [-0.05, 0) is 26.3 Å². The zero-order chi connectivity index (χ0) is 25.6. The van der Waals surface area contributed by atoms with Crippen LogP contribution < -0.4 is 0 Å². The molecule has 2 unspecified atom stereocenters. The number of hydrogen-bond donors (Lipinski definition) is 1. The monoisotopic (exact) mass is 509 g/mol. The number of aryl methyl sites for hydroxylation is 1. The van der Waals surface area contributed by atoms with Crippen LogP contribution in [0.1, 0.15) is 32.9 Å². The number of nitrogens with zero attached hydrogens (tertiary/aromatic N) is 5. The molecule has 0 saturated carbocycles. The Labute approximate surface area is 205 Å². The van der Waals surface area contributed by atoms with Crippen molar-refractivity contribution in [3.05, 3.63) is 23.2 Å². The minimum atomic E-state index is -0.799. The molecule has 14 heteroatoms. The van der Waals surface area contributed by atoms with Gasteiger partial charge in [-0.25, -0.2) is 9.59 Å². The molecule has 1 aromatic heterocycles. The third kappa shape index (κ3) is 6.66. The molecule has 2 aliphatic heterocycles. The van der Waals surface area contributed by atoms with Crippen molar-refractivity contribution in [2.24, 2.45) is 10.9 Å². The standard InChI is InChI=1S/C21H27N5O8S/c1-21(2,3)34-20(31)22-7-15-17(29)26-16(13(9-27)11-35-18(15)26)19(30)33-6-4-5-25-8-14(23-24-25)10-32-12-28/h7-8,12,15,18,27H,4-6,9-11H2,1-3H3/b22-7+. The predicted molar refractivity (Wildman–Crippen MR) is 122 cm³/mol. The van der Waals surface area contributed by atoms with Crippen LogP contribution >= 0.6 is 11.8 Å². The Morgan fingerprint density at radius 1 is 1.37 bits per heavy atom. The van der Waals surface area contributed by atoms with Gasteiger partial charge in [0, 0.05) is 24.9 Å². The molecular weight excluding hydrogens is 482 g/mol. The molecule has 13 nitrogen and oxygen atoms in total. The second kappa shape index (κ2) is 11.4. The molecule has 35 heavy (non-hydrogen) atoms. The summed E-state index contributed by atoms with van der Waals surface area (Å²) < 4.78 is 16.6. The van der Waals surface area contributed by atoms with Gasteiger partial charge in [0.1, 0.15) is 29.5 Å². The molecule has 3 rings (SSSR count). The van der Waals surface area contributed by atoms with E-state index in [1.165, 1.54) is 27.6 Å². The van der Waals surface area contributed by atoms with Crippen LogP contribution in [0.4, 0.5) is 4.79 Å². The lowest BCUT2D eigenvalue weighted by Crippen LogP contribution is -2.62. The summed E-state index contributed by atoms with van der Waals surface area (Å²) in [6.07, 6.45) is 2.47. The van der Waals surface area contributed by atoms with Gasteiger partial charge < -0.3 is 19.3 Å². The van der Waals surface area contributed by atoms with E-state index >= 15 is 0 Å². The van der Waals surface area contributed by atoms with Gasteiger partial charge in [-0.3, -0.25) is 19.2 Å². The number of carbonyl (C=O) groups excluding carboxylic acids is 4. The normalized spacial score (nSPS) is 19.9. The summed E-state index contributed by atoms with van der Waals surface area (Å²) in [5.41, 5.74) is 0.194. The molecule has 1 N–H and O–H groups in total. The number of rotatable bonds is 10. The van der Waals surface area contributed by atoms with E-state index in [2.05, 4.69) is 20.0 Å². The molecule has 0 spiro atoms. The van der Waals surface area contributed by atoms with Gasteiger partial charge in [0.25, 0.3) is 6.47 Å². The highest BCUT2D eigenvalue weighted by Gasteiger charge is 2.53. The van der Waals surface area contributed by atoms with E-state index in [9.17, 15) is 24.3 Å². The van der Waals surface area contributed by atoms with Crippen molar-refractivity contribution in [1.82, 2.24) is 19.9 Å². The minimum absolute atomic E-state index is 0.0170. The number of amides is 2. The number of ether oxygens (including phenoxy) is 3. The fraction of sp³-hybridized carbons (Fsp3) is 0.571. The predicted octanol–water partition coefficient (Wildman–Crippen LogP) is 0.668. The highest BCUT2D eigenvalue weighted by atomic mass is 32.2. The van der Waals surface area contributed by atoms with Gasteiger partial charge in [-0.1, -0.05) is 5.21 Å². The molecule has 0 aromatic carbocycles. The SMILES string of the molecule is CC(C)(C)OC(=O)/N=C/C1C(=O)N2C(C(=O)OCCCn3cc(COC=O)nn3)=C(CO)CSC12. The number of fused-ring (bicyclic) bond motifs is 1. The number of aliphatic hydroxyl groups excluding tert-OH is 1. The van der Waals surface area contributed by atoms with Gasteiger partial charge >= 0.3 is 12.1 Å². The van der Waals surface area contributed by atoms with Gasteiger partial charge in [-0.2, -0.15) is 4.99 Å². The maximum absolute atomic E-state index is 12.8. The molecule has 0 aliphatic carbocycles. The summed E-state index contributed by atoms with van der Waals surface area (Å²) >= 11 is 1.36. The maximum Gasteiger partial charge on any atom is 0.433 e. The van der Waals surface area contributed by atoms with E-state index in [0.29, 0.717) is 36.5 Å². The number of β-lactam (4-membered cyclic amide) rings is 1. The first kappa shape index (κ1) is 26.3. The van der Waals surface area contributed by atoms with E-state index in [1.54, 1.807) is 27.0 Å². The average molecular weight is 510 g/mol. The molecule has 190 valence electrons. The van der Waals surface area contributed by atoms with Crippen LogP contribution in [0.15, 0.2) is 22.5 Å². The summed E-state index contributed by atoms with van der Waals surface area (Å²) in [6.45, 7) is 5.52.